The molecule has 0 amide bonds. The van der Waals surface area contributed by atoms with E-state index < -0.39 is 0 Å². The van der Waals surface area contributed by atoms with Crippen LogP contribution >= 0.6 is 0 Å². The first-order chi connectivity index (χ1) is 6.16. The van der Waals surface area contributed by atoms with E-state index >= 15 is 0 Å². The molecule has 2 heterocycles. The van der Waals surface area contributed by atoms with Gasteiger partial charge in [0, 0.05) is 38.3 Å². The topological polar surface area (TPSA) is 21.1 Å². The van der Waals surface area contributed by atoms with Gasteiger partial charge in [0.15, 0.2) is 0 Å². The van der Waals surface area contributed by atoms with Crippen LogP contribution in [0.2, 0.25) is 0 Å². The Bertz CT molecular complexity index is 284. The fraction of sp³-hybridized carbons (Fsp3) is 0.700. The van der Waals surface area contributed by atoms with Crippen molar-refractivity contribution in [1.82, 2.24) is 14.7 Å². The van der Waals surface area contributed by atoms with Crippen LogP contribution in [-0.4, -0.2) is 33.8 Å². The van der Waals surface area contributed by atoms with Gasteiger partial charge in [0.2, 0.25) is 0 Å². The van der Waals surface area contributed by atoms with E-state index in [1.165, 1.54) is 18.8 Å². The molecule has 0 unspecified atom stereocenters. The lowest BCUT2D eigenvalue weighted by atomic mass is 9.95. The van der Waals surface area contributed by atoms with Gasteiger partial charge in [-0.15, -0.1) is 0 Å². The minimum Gasteiger partial charge on any atom is -0.300 e. The summed E-state index contributed by atoms with van der Waals surface area (Å²) in [6, 6.07) is 2.81. The second kappa shape index (κ2) is 3.14. The van der Waals surface area contributed by atoms with E-state index in [-0.39, 0.29) is 0 Å². The van der Waals surface area contributed by atoms with Crippen molar-refractivity contribution in [3.05, 3.63) is 18.0 Å². The first-order valence-corrected chi connectivity index (χ1v) is 4.90. The van der Waals surface area contributed by atoms with Crippen molar-refractivity contribution in [1.29, 1.82) is 0 Å². The maximum absolute atomic E-state index is 4.42. The molecule has 1 aliphatic rings. The van der Waals surface area contributed by atoms with Gasteiger partial charge in [-0.3, -0.25) is 9.58 Å². The minimum absolute atomic E-state index is 0.670. The monoisotopic (exact) mass is 179 g/mol. The Kier molecular flexibility index (Phi) is 2.12. The van der Waals surface area contributed by atoms with Gasteiger partial charge >= 0.3 is 0 Å². The number of likely N-dealkylation sites (tertiary alicyclic amines) is 1. The van der Waals surface area contributed by atoms with Gasteiger partial charge in [0.05, 0.1) is 5.69 Å². The van der Waals surface area contributed by atoms with Gasteiger partial charge < -0.3 is 0 Å². The molecule has 1 saturated heterocycles. The summed E-state index contributed by atoms with van der Waals surface area (Å²) in [6.45, 7) is 6.84. The number of rotatable bonds is 2. The molecule has 1 fully saturated rings. The molecule has 0 bridgehead atoms. The van der Waals surface area contributed by atoms with Gasteiger partial charge in [-0.05, 0) is 19.9 Å². The first-order valence-electron chi connectivity index (χ1n) is 4.90. The van der Waals surface area contributed by atoms with Crippen molar-refractivity contribution in [3.8, 4) is 0 Å². The number of aromatic nitrogens is 2. The Morgan fingerprint density at radius 3 is 2.62 bits per heavy atom. The third kappa shape index (κ3) is 1.61. The fourth-order valence-corrected chi connectivity index (χ4v) is 1.77. The molecule has 72 valence electrons. The Morgan fingerprint density at radius 2 is 2.15 bits per heavy atom. The average molecular weight is 179 g/mol. The highest BCUT2D eigenvalue weighted by atomic mass is 15.3. The molecule has 3 heteroatoms. The van der Waals surface area contributed by atoms with E-state index in [2.05, 4.69) is 29.9 Å². The van der Waals surface area contributed by atoms with E-state index in [9.17, 15) is 0 Å². The largest absolute Gasteiger partial charge is 0.300 e. The molecule has 13 heavy (non-hydrogen) atoms. The van der Waals surface area contributed by atoms with E-state index in [1.807, 2.05) is 17.9 Å². The molecule has 0 aliphatic carbocycles. The van der Waals surface area contributed by atoms with Crippen LogP contribution in [0.25, 0.3) is 0 Å². The van der Waals surface area contributed by atoms with Gasteiger partial charge in [0.1, 0.15) is 0 Å². The summed E-state index contributed by atoms with van der Waals surface area (Å²) in [5.74, 6) is 0.670. The van der Waals surface area contributed by atoms with Crippen molar-refractivity contribution in [2.24, 2.45) is 7.05 Å². The predicted octanol–water partition coefficient (Wildman–Crippen LogP) is 1.23. The molecular formula is C10H17N3. The summed E-state index contributed by atoms with van der Waals surface area (Å²) in [7, 11) is 1.97. The number of nitrogens with zero attached hydrogens (tertiary/aromatic N) is 3. The predicted molar refractivity (Wildman–Crippen MR) is 52.7 cm³/mol. The van der Waals surface area contributed by atoms with Crippen LogP contribution in [-0.2, 0) is 7.05 Å². The third-order valence-electron chi connectivity index (χ3n) is 2.79. The number of hydrogen-bond donors (Lipinski definition) is 0. The van der Waals surface area contributed by atoms with E-state index in [4.69, 9.17) is 0 Å². The zero-order chi connectivity index (χ0) is 9.42. The fourth-order valence-electron chi connectivity index (χ4n) is 1.77. The summed E-state index contributed by atoms with van der Waals surface area (Å²) in [5, 5.41) is 4.42. The third-order valence-corrected chi connectivity index (χ3v) is 2.79. The Balaban J connectivity index is 1.93. The van der Waals surface area contributed by atoms with E-state index in [0.717, 1.165) is 0 Å². The highest BCUT2D eigenvalue weighted by molar-refractivity contribution is 5.12. The summed E-state index contributed by atoms with van der Waals surface area (Å²) in [4.78, 5) is 2.47. The lowest BCUT2D eigenvalue weighted by Gasteiger charge is -2.41. The first kappa shape index (κ1) is 8.75. The maximum Gasteiger partial charge on any atom is 0.0680 e. The smallest absolute Gasteiger partial charge is 0.0680 e. The van der Waals surface area contributed by atoms with Crippen LogP contribution < -0.4 is 0 Å². The molecule has 0 N–H and O–H groups in total. The lowest BCUT2D eigenvalue weighted by Crippen LogP contribution is -2.48. The van der Waals surface area contributed by atoms with Crippen LogP contribution in [0.5, 0.6) is 0 Å². The summed E-state index contributed by atoms with van der Waals surface area (Å²) >= 11 is 0. The molecule has 0 spiro atoms. The van der Waals surface area contributed by atoms with Crippen LogP contribution in [0.3, 0.4) is 0 Å². The van der Waals surface area contributed by atoms with Gasteiger partial charge in [-0.1, -0.05) is 0 Å². The molecule has 1 aromatic heterocycles. The van der Waals surface area contributed by atoms with Crippen molar-refractivity contribution >= 4 is 0 Å². The van der Waals surface area contributed by atoms with Gasteiger partial charge in [0.25, 0.3) is 0 Å². The molecular weight excluding hydrogens is 162 g/mol. The SMILES string of the molecule is CC(C)N1CC(c2ccn(C)n2)C1. The Hall–Kier alpha value is -0.830. The normalized spacial score (nSPS) is 19.4. The van der Waals surface area contributed by atoms with E-state index in [1.54, 1.807) is 0 Å². The highest BCUT2D eigenvalue weighted by Gasteiger charge is 2.30. The van der Waals surface area contributed by atoms with Crippen LogP contribution in [0.1, 0.15) is 25.5 Å². The van der Waals surface area contributed by atoms with Crippen LogP contribution in [0.4, 0.5) is 0 Å². The highest BCUT2D eigenvalue weighted by Crippen LogP contribution is 2.26. The maximum atomic E-state index is 4.42. The number of aryl methyl sites for hydroxylation is 1. The molecule has 3 nitrogen and oxygen atoms in total. The molecule has 1 aromatic rings. The second-order valence-electron chi connectivity index (χ2n) is 4.16. The van der Waals surface area contributed by atoms with Crippen molar-refractivity contribution < 1.29 is 0 Å². The number of hydrogen-bond acceptors (Lipinski definition) is 2. The summed E-state index contributed by atoms with van der Waals surface area (Å²) in [5.41, 5.74) is 1.25. The standard InChI is InChI=1S/C10H17N3/c1-8(2)13-6-9(7-13)10-4-5-12(3)11-10/h4-5,8-9H,6-7H2,1-3H3. The Morgan fingerprint density at radius 1 is 1.46 bits per heavy atom. The summed E-state index contributed by atoms with van der Waals surface area (Å²) < 4.78 is 1.88. The van der Waals surface area contributed by atoms with Crippen LogP contribution in [0.15, 0.2) is 12.3 Å². The molecule has 1 aliphatic heterocycles. The summed E-state index contributed by atoms with van der Waals surface area (Å²) in [6.07, 6.45) is 2.02. The van der Waals surface area contributed by atoms with Crippen molar-refractivity contribution in [3.63, 3.8) is 0 Å². The molecule has 0 atom stereocenters. The quantitative estimate of drug-likeness (QED) is 0.681. The van der Waals surface area contributed by atoms with Gasteiger partial charge in [-0.2, -0.15) is 5.10 Å². The molecule has 2 rings (SSSR count). The minimum atomic E-state index is 0.670. The Labute approximate surface area is 79.3 Å². The van der Waals surface area contributed by atoms with Crippen LogP contribution in [0, 0.1) is 0 Å². The molecule has 0 aromatic carbocycles. The van der Waals surface area contributed by atoms with Crippen molar-refractivity contribution in [2.45, 2.75) is 25.8 Å². The molecule has 0 radical (unpaired) electrons. The molecule has 0 saturated carbocycles. The van der Waals surface area contributed by atoms with Gasteiger partial charge in [-0.25, -0.2) is 0 Å². The second-order valence-corrected chi connectivity index (χ2v) is 4.16. The zero-order valence-electron chi connectivity index (χ0n) is 8.57. The lowest BCUT2D eigenvalue weighted by molar-refractivity contribution is 0.107. The van der Waals surface area contributed by atoms with E-state index in [0.29, 0.717) is 12.0 Å². The zero-order valence-corrected chi connectivity index (χ0v) is 8.57. The average Bonchev–Trinajstić information content (AvgIpc) is 2.31. The van der Waals surface area contributed by atoms with Crippen molar-refractivity contribution in [2.75, 3.05) is 13.1 Å².